The summed E-state index contributed by atoms with van der Waals surface area (Å²) in [4.78, 5) is 25.1. The molecule has 1 amide bonds. The normalized spacial score (nSPS) is 23.1. The van der Waals surface area contributed by atoms with Gasteiger partial charge in [0.2, 0.25) is 0 Å². The van der Waals surface area contributed by atoms with E-state index in [2.05, 4.69) is 27.2 Å². The maximum Gasteiger partial charge on any atom is 0.272 e. The molecule has 0 saturated heterocycles. The summed E-state index contributed by atoms with van der Waals surface area (Å²) in [6.45, 7) is 6.39. The number of carbonyl (C=O) groups is 1. The van der Waals surface area contributed by atoms with Gasteiger partial charge in [0.15, 0.2) is 0 Å². The van der Waals surface area contributed by atoms with Crippen LogP contribution in [0.25, 0.3) is 22.0 Å². The third-order valence-corrected chi connectivity index (χ3v) is 7.57. The zero-order valence-electron chi connectivity index (χ0n) is 19.6. The van der Waals surface area contributed by atoms with Crippen LogP contribution < -0.4 is 10.9 Å². The number of hydrogen-bond acceptors (Lipinski definition) is 5. The summed E-state index contributed by atoms with van der Waals surface area (Å²) in [6.07, 6.45) is 7.43. The van der Waals surface area contributed by atoms with Gasteiger partial charge in [0.05, 0.1) is 35.0 Å². The lowest BCUT2D eigenvalue weighted by Crippen LogP contribution is -2.55. The molecule has 0 radical (unpaired) electrons. The molecule has 2 fully saturated rings. The van der Waals surface area contributed by atoms with Crippen LogP contribution in [-0.2, 0) is 4.74 Å². The molecular formula is C27H27N5O3. The fourth-order valence-electron chi connectivity index (χ4n) is 5.89. The molecule has 8 nitrogen and oxygen atoms in total. The number of rotatable bonds is 6. The van der Waals surface area contributed by atoms with Crippen LogP contribution in [0.4, 0.5) is 0 Å². The molecule has 0 aliphatic heterocycles. The van der Waals surface area contributed by atoms with Gasteiger partial charge in [-0.2, -0.15) is 10.2 Å². The number of ether oxygens (including phenoxy) is 1. The molecule has 6 rings (SSSR count). The van der Waals surface area contributed by atoms with Gasteiger partial charge < -0.3 is 10.1 Å². The summed E-state index contributed by atoms with van der Waals surface area (Å²) in [5, 5.41) is 16.2. The third-order valence-electron chi connectivity index (χ3n) is 7.57. The van der Waals surface area contributed by atoms with Crippen LogP contribution in [0.15, 0.2) is 60.2 Å². The van der Waals surface area contributed by atoms with Crippen molar-refractivity contribution in [2.24, 2.45) is 5.41 Å². The number of amides is 1. The van der Waals surface area contributed by atoms with Crippen molar-refractivity contribution in [1.82, 2.24) is 25.1 Å². The number of carbonyl (C=O) groups excluding carboxylic acids is 1. The lowest BCUT2D eigenvalue weighted by molar-refractivity contribution is -0.0196. The predicted octanol–water partition coefficient (Wildman–Crippen LogP) is 4.03. The molecule has 0 bridgehead atoms. The van der Waals surface area contributed by atoms with E-state index >= 15 is 0 Å². The molecule has 1 aromatic carbocycles. The third kappa shape index (κ3) is 3.60. The Labute approximate surface area is 202 Å². The fourth-order valence-corrected chi connectivity index (χ4v) is 5.89. The molecule has 0 unspecified atom stereocenters. The van der Waals surface area contributed by atoms with E-state index in [-0.39, 0.29) is 22.9 Å². The molecule has 2 aliphatic carbocycles. The summed E-state index contributed by atoms with van der Waals surface area (Å²) in [5.41, 5.74) is 3.25. The van der Waals surface area contributed by atoms with Gasteiger partial charge in [-0.3, -0.25) is 9.59 Å². The van der Waals surface area contributed by atoms with Crippen LogP contribution in [0.5, 0.6) is 0 Å². The van der Waals surface area contributed by atoms with Gasteiger partial charge in [-0.05, 0) is 56.2 Å². The van der Waals surface area contributed by atoms with Gasteiger partial charge in [-0.15, -0.1) is 0 Å². The molecule has 3 aromatic heterocycles. The number of nitrogens with zero attached hydrogens (tertiary/aromatic N) is 3. The van der Waals surface area contributed by atoms with Crippen molar-refractivity contribution in [2.45, 2.75) is 44.6 Å². The second kappa shape index (κ2) is 8.08. The first-order valence-electron chi connectivity index (χ1n) is 12.0. The average Bonchev–Trinajstić information content (AvgIpc) is 3.24. The molecule has 1 spiro atoms. The Morgan fingerprint density at radius 2 is 1.97 bits per heavy atom. The lowest BCUT2D eigenvalue weighted by atomic mass is 9.49. The van der Waals surface area contributed by atoms with Crippen molar-refractivity contribution >= 4 is 28.0 Å². The second-order valence-corrected chi connectivity index (χ2v) is 9.83. The van der Waals surface area contributed by atoms with E-state index in [1.807, 2.05) is 49.5 Å². The average molecular weight is 470 g/mol. The standard InChI is InChI=1S/C27H27N5O3/c1-3-35-16(2)17-8-9-23-22(14-28-32(23)15-17)25(33)29-19-12-27(13-19)10-18(11-27)24-20-6-4-5-7-21(20)26(34)31-30-24/h4-9,14-15,18-19H,2-3,10-13H2,1H3,(H,29,33)(H,31,34). The summed E-state index contributed by atoms with van der Waals surface area (Å²) < 4.78 is 7.16. The van der Waals surface area contributed by atoms with Gasteiger partial charge >= 0.3 is 0 Å². The van der Waals surface area contributed by atoms with Crippen LogP contribution in [0.1, 0.15) is 60.1 Å². The van der Waals surface area contributed by atoms with Gasteiger partial charge in [0.25, 0.3) is 11.5 Å². The smallest absolute Gasteiger partial charge is 0.272 e. The maximum absolute atomic E-state index is 13.0. The van der Waals surface area contributed by atoms with Crippen molar-refractivity contribution < 1.29 is 9.53 Å². The number of benzene rings is 1. The van der Waals surface area contributed by atoms with Crippen molar-refractivity contribution in [3.05, 3.63) is 82.5 Å². The molecule has 8 heteroatoms. The first kappa shape index (κ1) is 21.6. The number of nitrogens with one attached hydrogen (secondary N) is 2. The van der Waals surface area contributed by atoms with E-state index in [1.165, 1.54) is 0 Å². The number of aromatic nitrogens is 4. The Bertz CT molecular complexity index is 1520. The van der Waals surface area contributed by atoms with Crippen LogP contribution in [0.2, 0.25) is 0 Å². The van der Waals surface area contributed by atoms with E-state index in [1.54, 1.807) is 10.7 Å². The molecule has 35 heavy (non-hydrogen) atoms. The highest BCUT2D eigenvalue weighted by Crippen LogP contribution is 2.62. The zero-order valence-corrected chi connectivity index (χ0v) is 19.6. The van der Waals surface area contributed by atoms with Crippen LogP contribution in [0.3, 0.4) is 0 Å². The number of H-pyrrole nitrogens is 1. The van der Waals surface area contributed by atoms with Crippen molar-refractivity contribution in [2.75, 3.05) is 6.61 Å². The zero-order chi connectivity index (χ0) is 24.2. The molecule has 2 aliphatic rings. The van der Waals surface area contributed by atoms with Crippen molar-refractivity contribution in [1.29, 1.82) is 0 Å². The van der Waals surface area contributed by atoms with Crippen LogP contribution in [-0.4, -0.2) is 38.4 Å². The molecular weight excluding hydrogens is 442 g/mol. The quantitative estimate of drug-likeness (QED) is 0.415. The van der Waals surface area contributed by atoms with E-state index in [9.17, 15) is 9.59 Å². The Morgan fingerprint density at radius 3 is 2.74 bits per heavy atom. The summed E-state index contributed by atoms with van der Waals surface area (Å²) >= 11 is 0. The van der Waals surface area contributed by atoms with E-state index in [0.717, 1.165) is 47.8 Å². The van der Waals surface area contributed by atoms with Gasteiger partial charge in [0.1, 0.15) is 5.76 Å². The number of pyridine rings is 1. The van der Waals surface area contributed by atoms with E-state index in [4.69, 9.17) is 4.74 Å². The predicted molar refractivity (Wildman–Crippen MR) is 133 cm³/mol. The Kier molecular flexibility index (Phi) is 4.98. The summed E-state index contributed by atoms with van der Waals surface area (Å²) in [5.74, 6) is 0.827. The van der Waals surface area contributed by atoms with Crippen molar-refractivity contribution in [3.8, 4) is 0 Å². The van der Waals surface area contributed by atoms with Crippen LogP contribution in [0, 0.1) is 5.41 Å². The highest BCUT2D eigenvalue weighted by atomic mass is 16.5. The topological polar surface area (TPSA) is 101 Å². The van der Waals surface area contributed by atoms with Gasteiger partial charge in [-0.25, -0.2) is 9.61 Å². The largest absolute Gasteiger partial charge is 0.494 e. The number of fused-ring (bicyclic) bond motifs is 2. The minimum Gasteiger partial charge on any atom is -0.494 e. The van der Waals surface area contributed by atoms with Gasteiger partial charge in [-0.1, -0.05) is 24.8 Å². The Hall–Kier alpha value is -3.94. The molecule has 178 valence electrons. The minimum atomic E-state index is -0.145. The number of hydrogen-bond donors (Lipinski definition) is 2. The van der Waals surface area contributed by atoms with Crippen molar-refractivity contribution in [3.63, 3.8) is 0 Å². The SMILES string of the molecule is C=C(OCC)c1ccc2c(C(=O)NC3CC4(C3)CC(c3n[nH]c(=O)c5ccccc35)C4)cnn2c1. The van der Waals surface area contributed by atoms with E-state index in [0.29, 0.717) is 29.2 Å². The van der Waals surface area contributed by atoms with Crippen LogP contribution >= 0.6 is 0 Å². The second-order valence-electron chi connectivity index (χ2n) is 9.83. The monoisotopic (exact) mass is 469 g/mol. The molecule has 4 aromatic rings. The highest BCUT2D eigenvalue weighted by molar-refractivity contribution is 6.00. The molecule has 0 atom stereocenters. The summed E-state index contributed by atoms with van der Waals surface area (Å²) in [7, 11) is 0. The lowest BCUT2D eigenvalue weighted by Gasteiger charge is -2.57. The maximum atomic E-state index is 13.0. The number of aromatic amines is 1. The first-order chi connectivity index (χ1) is 17.0. The molecule has 2 N–H and O–H groups in total. The first-order valence-corrected chi connectivity index (χ1v) is 12.0. The van der Waals surface area contributed by atoms with Gasteiger partial charge in [0, 0.05) is 29.1 Å². The molecule has 2 saturated carbocycles. The summed E-state index contributed by atoms with van der Waals surface area (Å²) in [6, 6.07) is 11.6. The van der Waals surface area contributed by atoms with E-state index < -0.39 is 0 Å². The Balaban J connectivity index is 1.09. The molecule has 3 heterocycles. The fraction of sp³-hybridized carbons (Fsp3) is 0.333. The Morgan fingerprint density at radius 1 is 1.20 bits per heavy atom. The highest BCUT2D eigenvalue weighted by Gasteiger charge is 2.54. The minimum absolute atomic E-state index is 0.0968.